The molecule has 1 unspecified atom stereocenters. The predicted octanol–water partition coefficient (Wildman–Crippen LogP) is 2.92. The van der Waals surface area contributed by atoms with Crippen LogP contribution in [0.5, 0.6) is 0 Å². The maximum absolute atomic E-state index is 12.6. The van der Waals surface area contributed by atoms with Crippen molar-refractivity contribution in [1.29, 1.82) is 0 Å². The molecule has 1 N–H and O–H groups in total. The molecule has 0 saturated carbocycles. The van der Waals surface area contributed by atoms with Crippen molar-refractivity contribution in [2.24, 2.45) is 0 Å². The van der Waals surface area contributed by atoms with Crippen molar-refractivity contribution in [3.8, 4) is 0 Å². The predicted molar refractivity (Wildman–Crippen MR) is 104 cm³/mol. The highest BCUT2D eigenvalue weighted by Crippen LogP contribution is 2.27. The number of likely N-dealkylation sites (tertiary alicyclic amines) is 1. The monoisotopic (exact) mass is 388 g/mol. The van der Waals surface area contributed by atoms with Crippen LogP contribution in [-0.4, -0.2) is 65.3 Å². The number of rotatable bonds is 4. The van der Waals surface area contributed by atoms with Gasteiger partial charge in [0.2, 0.25) is 0 Å². The molecule has 4 rings (SSSR count). The molecule has 0 aliphatic carbocycles. The highest BCUT2D eigenvalue weighted by atomic mass is 35.5. The van der Waals surface area contributed by atoms with Gasteiger partial charge in [-0.15, -0.1) is 0 Å². The number of nitrogens with zero attached hydrogens (tertiary/aromatic N) is 3. The maximum Gasteiger partial charge on any atom is 0.274 e. The number of aromatic amines is 1. The van der Waals surface area contributed by atoms with Gasteiger partial charge in [-0.3, -0.25) is 14.8 Å². The first kappa shape index (κ1) is 18.5. The van der Waals surface area contributed by atoms with Crippen LogP contribution in [0.25, 0.3) is 0 Å². The van der Waals surface area contributed by atoms with Crippen LogP contribution in [0.15, 0.2) is 30.3 Å². The van der Waals surface area contributed by atoms with E-state index in [2.05, 4.69) is 27.2 Å². The molecule has 1 aromatic heterocycles. The van der Waals surface area contributed by atoms with Gasteiger partial charge in [-0.1, -0.05) is 23.7 Å². The Kier molecular flexibility index (Phi) is 5.76. The zero-order chi connectivity index (χ0) is 18.6. The first-order chi connectivity index (χ1) is 13.2. The van der Waals surface area contributed by atoms with Gasteiger partial charge in [0.25, 0.3) is 5.91 Å². The summed E-state index contributed by atoms with van der Waals surface area (Å²) < 4.78 is 5.32. The number of nitrogens with one attached hydrogen (secondary N) is 1. The lowest BCUT2D eigenvalue weighted by molar-refractivity contribution is 0.0299. The molecule has 0 radical (unpaired) electrons. The van der Waals surface area contributed by atoms with Crippen LogP contribution in [0.1, 0.15) is 40.5 Å². The summed E-state index contributed by atoms with van der Waals surface area (Å²) in [6.07, 6.45) is 2.26. The van der Waals surface area contributed by atoms with E-state index in [1.165, 1.54) is 5.56 Å². The van der Waals surface area contributed by atoms with E-state index >= 15 is 0 Å². The van der Waals surface area contributed by atoms with Gasteiger partial charge < -0.3 is 9.64 Å². The van der Waals surface area contributed by atoms with Crippen LogP contribution in [0.3, 0.4) is 0 Å². The Morgan fingerprint density at radius 2 is 2.00 bits per heavy atom. The molecule has 6 nitrogen and oxygen atoms in total. The molecule has 2 aromatic rings. The highest BCUT2D eigenvalue weighted by Gasteiger charge is 2.26. The molecule has 2 aliphatic heterocycles. The van der Waals surface area contributed by atoms with Crippen molar-refractivity contribution < 1.29 is 9.53 Å². The number of ether oxygens (including phenoxy) is 1. The molecule has 0 spiro atoms. The topological polar surface area (TPSA) is 61.5 Å². The van der Waals surface area contributed by atoms with Crippen LogP contribution in [0.4, 0.5) is 0 Å². The quantitative estimate of drug-likeness (QED) is 0.874. The lowest BCUT2D eigenvalue weighted by Crippen LogP contribution is -2.40. The third-order valence-corrected chi connectivity index (χ3v) is 5.63. The minimum Gasteiger partial charge on any atom is -0.378 e. The van der Waals surface area contributed by atoms with Gasteiger partial charge in [0.05, 0.1) is 13.2 Å². The molecule has 1 aromatic carbocycles. The van der Waals surface area contributed by atoms with E-state index in [0.29, 0.717) is 37.9 Å². The van der Waals surface area contributed by atoms with Gasteiger partial charge in [-0.25, -0.2) is 0 Å². The minimum atomic E-state index is -0.00497. The number of morpholine rings is 1. The third-order valence-electron chi connectivity index (χ3n) is 5.38. The average molecular weight is 389 g/mol. The maximum atomic E-state index is 12.6. The van der Waals surface area contributed by atoms with E-state index in [4.69, 9.17) is 16.3 Å². The molecule has 3 heterocycles. The molecule has 2 saturated heterocycles. The number of amides is 1. The number of piperidine rings is 1. The third kappa shape index (κ3) is 4.51. The van der Waals surface area contributed by atoms with E-state index in [1.807, 2.05) is 23.1 Å². The Labute approximate surface area is 164 Å². The number of carbonyl (C=O) groups excluding carboxylic acids is 1. The SMILES string of the molecule is O=C(c1cc(C2CCCN(Cc3ccc(Cl)cc3)C2)[nH]n1)N1CCOCC1. The van der Waals surface area contributed by atoms with Crippen molar-refractivity contribution >= 4 is 17.5 Å². The fraction of sp³-hybridized carbons (Fsp3) is 0.500. The smallest absolute Gasteiger partial charge is 0.274 e. The summed E-state index contributed by atoms with van der Waals surface area (Å²) in [6.45, 7) is 5.46. The number of halogens is 1. The van der Waals surface area contributed by atoms with Crippen molar-refractivity contribution in [2.45, 2.75) is 25.3 Å². The minimum absolute atomic E-state index is 0.00497. The summed E-state index contributed by atoms with van der Waals surface area (Å²) >= 11 is 5.98. The van der Waals surface area contributed by atoms with Gasteiger partial charge in [0.15, 0.2) is 0 Å². The van der Waals surface area contributed by atoms with E-state index in [9.17, 15) is 4.79 Å². The van der Waals surface area contributed by atoms with Crippen LogP contribution < -0.4 is 0 Å². The standard InChI is InChI=1S/C20H25ClN4O2/c21-17-5-3-15(4-6-17)13-24-7-1-2-16(14-24)18-12-19(23-22-18)20(26)25-8-10-27-11-9-25/h3-6,12,16H,1-2,7-11,13-14H2,(H,22,23). The summed E-state index contributed by atoms with van der Waals surface area (Å²) in [5.74, 6) is 0.374. The Hall–Kier alpha value is -1.89. The Morgan fingerprint density at radius 3 is 2.78 bits per heavy atom. The van der Waals surface area contributed by atoms with Crippen molar-refractivity contribution in [3.05, 3.63) is 52.3 Å². The van der Waals surface area contributed by atoms with Gasteiger partial charge in [-0.05, 0) is 43.1 Å². The summed E-state index contributed by atoms with van der Waals surface area (Å²) in [6, 6.07) is 9.99. The number of carbonyl (C=O) groups is 1. The van der Waals surface area contributed by atoms with E-state index in [-0.39, 0.29) is 5.91 Å². The van der Waals surface area contributed by atoms with E-state index in [0.717, 1.165) is 43.2 Å². The number of hydrogen-bond acceptors (Lipinski definition) is 4. The van der Waals surface area contributed by atoms with Gasteiger partial charge in [0.1, 0.15) is 5.69 Å². The van der Waals surface area contributed by atoms with Gasteiger partial charge in [-0.2, -0.15) is 5.10 Å². The van der Waals surface area contributed by atoms with E-state index in [1.54, 1.807) is 0 Å². The Morgan fingerprint density at radius 1 is 1.22 bits per heavy atom. The van der Waals surface area contributed by atoms with E-state index < -0.39 is 0 Å². The lowest BCUT2D eigenvalue weighted by atomic mass is 9.94. The molecule has 27 heavy (non-hydrogen) atoms. The van der Waals surface area contributed by atoms with Gasteiger partial charge in [0, 0.05) is 42.8 Å². The van der Waals surface area contributed by atoms with Gasteiger partial charge >= 0.3 is 0 Å². The molecular formula is C20H25ClN4O2. The molecule has 7 heteroatoms. The highest BCUT2D eigenvalue weighted by molar-refractivity contribution is 6.30. The summed E-state index contributed by atoms with van der Waals surface area (Å²) in [5.41, 5.74) is 2.85. The zero-order valence-electron chi connectivity index (χ0n) is 15.4. The first-order valence-electron chi connectivity index (χ1n) is 9.58. The van der Waals surface area contributed by atoms with Crippen molar-refractivity contribution in [3.63, 3.8) is 0 Å². The van der Waals surface area contributed by atoms with Crippen LogP contribution in [-0.2, 0) is 11.3 Å². The summed E-state index contributed by atoms with van der Waals surface area (Å²) in [4.78, 5) is 16.9. The van der Waals surface area contributed by atoms with Crippen molar-refractivity contribution in [1.82, 2.24) is 20.0 Å². The normalized spacial score (nSPS) is 21.4. The van der Waals surface area contributed by atoms with Crippen LogP contribution in [0, 0.1) is 0 Å². The van der Waals surface area contributed by atoms with Crippen LogP contribution in [0.2, 0.25) is 5.02 Å². The first-order valence-corrected chi connectivity index (χ1v) is 9.96. The molecular weight excluding hydrogens is 364 g/mol. The number of aromatic nitrogens is 2. The molecule has 2 fully saturated rings. The molecule has 1 atom stereocenters. The van der Waals surface area contributed by atoms with Crippen molar-refractivity contribution in [2.75, 3.05) is 39.4 Å². The Bertz CT molecular complexity index is 771. The summed E-state index contributed by atoms with van der Waals surface area (Å²) in [5, 5.41) is 8.18. The largest absolute Gasteiger partial charge is 0.378 e. The second-order valence-electron chi connectivity index (χ2n) is 7.31. The number of H-pyrrole nitrogens is 1. The van der Waals surface area contributed by atoms with Crippen LogP contribution >= 0.6 is 11.6 Å². The molecule has 0 bridgehead atoms. The fourth-order valence-corrected chi connectivity index (χ4v) is 4.01. The zero-order valence-corrected chi connectivity index (χ0v) is 16.1. The molecule has 144 valence electrons. The fourth-order valence-electron chi connectivity index (χ4n) is 3.88. The second kappa shape index (κ2) is 8.42. The molecule has 2 aliphatic rings. The second-order valence-corrected chi connectivity index (χ2v) is 7.75. The molecule has 1 amide bonds. The number of hydrogen-bond donors (Lipinski definition) is 1. The summed E-state index contributed by atoms with van der Waals surface area (Å²) in [7, 11) is 0. The Balaban J connectivity index is 1.38. The lowest BCUT2D eigenvalue weighted by Gasteiger charge is -2.32. The number of benzene rings is 1. The average Bonchev–Trinajstić information content (AvgIpc) is 3.20.